The summed E-state index contributed by atoms with van der Waals surface area (Å²) in [6.45, 7) is 4.34. The molecule has 27 heavy (non-hydrogen) atoms. The average Bonchev–Trinajstić information content (AvgIpc) is 3.00. The number of rotatable bonds is 8. The number of halogens is 1. The number of hydrogen-bond donors (Lipinski definition) is 1. The minimum absolute atomic E-state index is 0.133. The molecule has 3 atom stereocenters. The van der Waals surface area contributed by atoms with E-state index in [0.717, 1.165) is 17.9 Å². The van der Waals surface area contributed by atoms with Crippen LogP contribution in [0.2, 0.25) is 0 Å². The molecule has 0 heterocycles. The Hall–Kier alpha value is -1.31. The molecule has 0 aromatic heterocycles. The SMILES string of the molecule is Cc1cc(CC[C@H]2C(Cl)CC[C@@H]2CCCc2ccccc2)cc(C)c1CO. The Morgan fingerprint density at radius 1 is 0.926 bits per heavy atom. The maximum atomic E-state index is 9.51. The lowest BCUT2D eigenvalue weighted by Crippen LogP contribution is -2.16. The van der Waals surface area contributed by atoms with E-state index in [1.54, 1.807) is 0 Å². The first-order valence-electron chi connectivity index (χ1n) is 10.5. The zero-order valence-electron chi connectivity index (χ0n) is 16.8. The van der Waals surface area contributed by atoms with Gasteiger partial charge in [0.15, 0.2) is 0 Å². The molecular weight excluding hydrogens is 352 g/mol. The van der Waals surface area contributed by atoms with E-state index in [2.05, 4.69) is 56.3 Å². The Balaban J connectivity index is 1.54. The van der Waals surface area contributed by atoms with Crippen LogP contribution in [0.3, 0.4) is 0 Å². The third-order valence-electron chi connectivity index (χ3n) is 6.45. The van der Waals surface area contributed by atoms with Gasteiger partial charge < -0.3 is 5.11 Å². The molecule has 2 aromatic carbocycles. The van der Waals surface area contributed by atoms with Crippen LogP contribution in [0, 0.1) is 25.7 Å². The third kappa shape index (κ3) is 5.36. The van der Waals surface area contributed by atoms with E-state index < -0.39 is 0 Å². The van der Waals surface area contributed by atoms with Crippen LogP contribution in [0.4, 0.5) is 0 Å². The van der Waals surface area contributed by atoms with Gasteiger partial charge in [-0.25, -0.2) is 0 Å². The summed E-state index contributed by atoms with van der Waals surface area (Å²) < 4.78 is 0. The highest BCUT2D eigenvalue weighted by Gasteiger charge is 2.33. The zero-order valence-corrected chi connectivity index (χ0v) is 17.5. The highest BCUT2D eigenvalue weighted by atomic mass is 35.5. The summed E-state index contributed by atoms with van der Waals surface area (Å²) in [5.74, 6) is 1.41. The lowest BCUT2D eigenvalue weighted by Gasteiger charge is -2.22. The lowest BCUT2D eigenvalue weighted by atomic mass is 9.85. The third-order valence-corrected chi connectivity index (χ3v) is 6.99. The maximum Gasteiger partial charge on any atom is 0.0686 e. The van der Waals surface area contributed by atoms with Crippen molar-refractivity contribution in [3.8, 4) is 0 Å². The fourth-order valence-electron chi connectivity index (χ4n) is 4.89. The summed E-state index contributed by atoms with van der Waals surface area (Å²) in [7, 11) is 0. The zero-order chi connectivity index (χ0) is 19.2. The Morgan fingerprint density at radius 2 is 1.63 bits per heavy atom. The van der Waals surface area contributed by atoms with Crippen LogP contribution in [0.5, 0.6) is 0 Å². The maximum absolute atomic E-state index is 9.51. The minimum Gasteiger partial charge on any atom is -0.392 e. The van der Waals surface area contributed by atoms with Crippen LogP contribution in [0.25, 0.3) is 0 Å². The number of benzene rings is 2. The van der Waals surface area contributed by atoms with Gasteiger partial charge in [0.1, 0.15) is 0 Å². The van der Waals surface area contributed by atoms with Crippen LogP contribution < -0.4 is 0 Å². The van der Waals surface area contributed by atoms with Crippen molar-refractivity contribution in [2.24, 2.45) is 11.8 Å². The van der Waals surface area contributed by atoms with Crippen LogP contribution in [-0.2, 0) is 19.4 Å². The molecule has 146 valence electrons. The Kier molecular flexibility index (Phi) is 7.38. The standard InChI is InChI=1S/C25H33ClO/c1-18-15-21(16-19(2)24(18)17-27)11-13-23-22(12-14-25(23)26)10-6-9-20-7-4-3-5-8-20/h3-5,7-8,15-16,22-23,25,27H,6,9-14,17H2,1-2H3/t22-,23+,25?/m0/s1. The molecule has 1 aliphatic carbocycles. The first-order valence-corrected chi connectivity index (χ1v) is 10.9. The highest BCUT2D eigenvalue weighted by Crippen LogP contribution is 2.41. The van der Waals surface area contributed by atoms with Crippen molar-refractivity contribution in [2.45, 2.75) is 70.8 Å². The number of hydrogen-bond acceptors (Lipinski definition) is 1. The molecule has 1 N–H and O–H groups in total. The van der Waals surface area contributed by atoms with E-state index in [4.69, 9.17) is 11.6 Å². The van der Waals surface area contributed by atoms with Gasteiger partial charge in [0.25, 0.3) is 0 Å². The number of alkyl halides is 1. The van der Waals surface area contributed by atoms with E-state index in [9.17, 15) is 5.11 Å². The Labute approximate surface area is 169 Å². The quantitative estimate of drug-likeness (QED) is 0.523. The second kappa shape index (κ2) is 9.75. The number of aryl methyl sites for hydroxylation is 4. The molecule has 0 bridgehead atoms. The summed E-state index contributed by atoms with van der Waals surface area (Å²) in [6, 6.07) is 15.3. The predicted octanol–water partition coefficient (Wildman–Crippen LogP) is 6.38. The second-order valence-corrected chi connectivity index (χ2v) is 8.86. The summed E-state index contributed by atoms with van der Waals surface area (Å²) in [4.78, 5) is 0. The van der Waals surface area contributed by atoms with E-state index in [1.165, 1.54) is 60.8 Å². The molecule has 2 heteroatoms. The smallest absolute Gasteiger partial charge is 0.0686 e. The van der Waals surface area contributed by atoms with Crippen molar-refractivity contribution in [2.75, 3.05) is 0 Å². The van der Waals surface area contributed by atoms with Gasteiger partial charge in [-0.1, -0.05) is 42.5 Å². The fraction of sp³-hybridized carbons (Fsp3) is 0.520. The normalized spacial score (nSPS) is 22.3. The molecule has 1 fully saturated rings. The molecule has 0 aliphatic heterocycles. The molecule has 1 nitrogen and oxygen atoms in total. The van der Waals surface area contributed by atoms with Gasteiger partial charge >= 0.3 is 0 Å². The lowest BCUT2D eigenvalue weighted by molar-refractivity contribution is 0.280. The molecule has 1 saturated carbocycles. The van der Waals surface area contributed by atoms with Crippen LogP contribution in [-0.4, -0.2) is 10.5 Å². The van der Waals surface area contributed by atoms with Crippen molar-refractivity contribution in [1.29, 1.82) is 0 Å². The van der Waals surface area contributed by atoms with Gasteiger partial charge in [-0.2, -0.15) is 0 Å². The second-order valence-electron chi connectivity index (χ2n) is 8.30. The van der Waals surface area contributed by atoms with Crippen molar-refractivity contribution in [1.82, 2.24) is 0 Å². The van der Waals surface area contributed by atoms with Crippen molar-refractivity contribution in [3.05, 3.63) is 70.3 Å². The van der Waals surface area contributed by atoms with Crippen LogP contribution >= 0.6 is 11.6 Å². The average molecular weight is 385 g/mol. The first kappa shape index (κ1) is 20.4. The van der Waals surface area contributed by atoms with E-state index >= 15 is 0 Å². The van der Waals surface area contributed by atoms with Crippen molar-refractivity contribution >= 4 is 11.6 Å². The minimum atomic E-state index is 0.133. The van der Waals surface area contributed by atoms with Gasteiger partial charge in [0.2, 0.25) is 0 Å². The highest BCUT2D eigenvalue weighted by molar-refractivity contribution is 6.21. The van der Waals surface area contributed by atoms with Crippen LogP contribution in [0.1, 0.15) is 59.9 Å². The summed E-state index contributed by atoms with van der Waals surface area (Å²) in [5.41, 5.74) is 6.33. The molecule has 0 amide bonds. The number of aliphatic hydroxyl groups is 1. The van der Waals surface area contributed by atoms with Gasteiger partial charge in [-0.3, -0.25) is 0 Å². The summed E-state index contributed by atoms with van der Waals surface area (Å²) in [6.07, 6.45) is 8.47. The molecule has 0 saturated heterocycles. The summed E-state index contributed by atoms with van der Waals surface area (Å²) >= 11 is 6.71. The van der Waals surface area contributed by atoms with Crippen molar-refractivity contribution in [3.63, 3.8) is 0 Å². The molecule has 1 aliphatic rings. The van der Waals surface area contributed by atoms with Gasteiger partial charge in [0, 0.05) is 5.38 Å². The molecular formula is C25H33ClO. The van der Waals surface area contributed by atoms with Crippen LogP contribution in [0.15, 0.2) is 42.5 Å². The molecule has 3 rings (SSSR count). The Bertz CT molecular complexity index is 701. The van der Waals surface area contributed by atoms with Gasteiger partial charge in [-0.15, -0.1) is 11.6 Å². The monoisotopic (exact) mass is 384 g/mol. The Morgan fingerprint density at radius 3 is 2.30 bits per heavy atom. The summed E-state index contributed by atoms with van der Waals surface area (Å²) in [5, 5.41) is 9.85. The topological polar surface area (TPSA) is 20.2 Å². The van der Waals surface area contributed by atoms with E-state index in [-0.39, 0.29) is 6.61 Å². The van der Waals surface area contributed by atoms with E-state index in [0.29, 0.717) is 11.3 Å². The van der Waals surface area contributed by atoms with Crippen molar-refractivity contribution < 1.29 is 5.11 Å². The largest absolute Gasteiger partial charge is 0.392 e. The number of aliphatic hydroxyl groups excluding tert-OH is 1. The van der Waals surface area contributed by atoms with Gasteiger partial charge in [0.05, 0.1) is 6.61 Å². The first-order chi connectivity index (χ1) is 13.1. The predicted molar refractivity (Wildman–Crippen MR) is 115 cm³/mol. The molecule has 0 radical (unpaired) electrons. The van der Waals surface area contributed by atoms with Gasteiger partial charge in [-0.05, 0) is 98.4 Å². The van der Waals surface area contributed by atoms with E-state index in [1.807, 2.05) is 0 Å². The molecule has 0 spiro atoms. The fourth-order valence-corrected chi connectivity index (χ4v) is 5.35. The molecule has 2 aromatic rings. The molecule has 1 unspecified atom stereocenters.